The molecule has 0 radical (unpaired) electrons. The normalized spacial score (nSPS) is 20.2. The van der Waals surface area contributed by atoms with Gasteiger partial charge in [-0.3, -0.25) is 4.79 Å². The van der Waals surface area contributed by atoms with Crippen LogP contribution >= 0.6 is 0 Å². The Morgan fingerprint density at radius 3 is 2.38 bits per heavy atom. The molecule has 1 aromatic carbocycles. The highest BCUT2D eigenvalue weighted by Crippen LogP contribution is 2.29. The van der Waals surface area contributed by atoms with Gasteiger partial charge in [-0.05, 0) is 43.7 Å². The number of ether oxygens (including phenoxy) is 1. The number of carboxylic acid groups (broad SMARTS) is 1. The van der Waals surface area contributed by atoms with Crippen LogP contribution in [0.15, 0.2) is 47.5 Å². The maximum Gasteiger partial charge on any atom is 0.573 e. The number of halogens is 3. The Kier molecular flexibility index (Phi) is 6.65. The monoisotopic (exact) mass is 473 g/mol. The summed E-state index contributed by atoms with van der Waals surface area (Å²) in [4.78, 5) is 16.8. The van der Waals surface area contributed by atoms with E-state index in [-0.39, 0.29) is 24.4 Å². The molecule has 3 rings (SSSR count). The maximum atomic E-state index is 13.3. The molecule has 1 aliphatic heterocycles. The first kappa shape index (κ1) is 23.8. The summed E-state index contributed by atoms with van der Waals surface area (Å²) in [6.45, 7) is 3.99. The van der Waals surface area contributed by atoms with Crippen LogP contribution < -0.4 is 9.64 Å². The van der Waals surface area contributed by atoms with Crippen molar-refractivity contribution in [1.82, 2.24) is 9.29 Å². The first-order valence-corrected chi connectivity index (χ1v) is 11.1. The predicted molar refractivity (Wildman–Crippen MR) is 109 cm³/mol. The van der Waals surface area contributed by atoms with Crippen molar-refractivity contribution in [3.63, 3.8) is 0 Å². The second kappa shape index (κ2) is 8.94. The number of hydrogen-bond acceptors (Lipinski definition) is 6. The quantitative estimate of drug-likeness (QED) is 0.689. The average molecular weight is 473 g/mol. The molecule has 1 saturated heterocycles. The van der Waals surface area contributed by atoms with Crippen molar-refractivity contribution >= 4 is 21.8 Å². The molecule has 0 spiro atoms. The Balaban J connectivity index is 1.78. The molecular formula is C20H22F3N3O5S. The van der Waals surface area contributed by atoms with E-state index in [0.29, 0.717) is 11.4 Å². The second-order valence-electron chi connectivity index (χ2n) is 7.56. The van der Waals surface area contributed by atoms with Crippen molar-refractivity contribution < 1.29 is 36.2 Å². The molecule has 0 amide bonds. The molecule has 2 atom stereocenters. The SMILES string of the molecule is C[C@@H]1CN(c2ccc(OC(F)(F)F)cn2)C[C@H](C)N1S(=O)(=O)c1cccc(CC(=O)O)c1. The van der Waals surface area contributed by atoms with Gasteiger partial charge in [-0.2, -0.15) is 4.31 Å². The summed E-state index contributed by atoms with van der Waals surface area (Å²) < 4.78 is 68.8. The van der Waals surface area contributed by atoms with E-state index in [1.165, 1.54) is 28.6 Å². The van der Waals surface area contributed by atoms with Crippen molar-refractivity contribution in [1.29, 1.82) is 0 Å². The lowest BCUT2D eigenvalue weighted by atomic mass is 10.1. The minimum Gasteiger partial charge on any atom is -0.481 e. The molecule has 1 N–H and O–H groups in total. The van der Waals surface area contributed by atoms with Crippen molar-refractivity contribution in [2.45, 2.75) is 43.6 Å². The number of alkyl halides is 3. The Hall–Kier alpha value is -2.86. The molecule has 0 saturated carbocycles. The van der Waals surface area contributed by atoms with Crippen molar-refractivity contribution in [2.24, 2.45) is 0 Å². The lowest BCUT2D eigenvalue weighted by Crippen LogP contribution is -2.58. The van der Waals surface area contributed by atoms with Crippen molar-refractivity contribution in [2.75, 3.05) is 18.0 Å². The van der Waals surface area contributed by atoms with Gasteiger partial charge in [-0.15, -0.1) is 13.2 Å². The van der Waals surface area contributed by atoms with E-state index in [2.05, 4.69) is 9.72 Å². The zero-order chi connectivity index (χ0) is 23.7. The second-order valence-corrected chi connectivity index (χ2v) is 9.40. The lowest BCUT2D eigenvalue weighted by Gasteiger charge is -2.43. The number of aliphatic carboxylic acids is 1. The number of sulfonamides is 1. The first-order valence-electron chi connectivity index (χ1n) is 9.68. The maximum absolute atomic E-state index is 13.3. The molecule has 1 aromatic heterocycles. The van der Waals surface area contributed by atoms with E-state index in [1.807, 2.05) is 0 Å². The molecule has 1 aliphatic rings. The molecule has 2 aromatic rings. The minimum atomic E-state index is -4.81. The number of pyridine rings is 1. The van der Waals surface area contributed by atoms with Gasteiger partial charge in [0.15, 0.2) is 0 Å². The standard InChI is InChI=1S/C20H22F3N3O5S/c1-13-11-25(18-7-6-16(10-24-18)31-20(21,22)23)12-14(2)26(13)32(29,30)17-5-3-4-15(8-17)9-19(27)28/h3-8,10,13-14H,9,11-12H2,1-2H3,(H,27,28)/t13-,14+. The summed E-state index contributed by atoms with van der Waals surface area (Å²) >= 11 is 0. The molecule has 2 heterocycles. The number of carbonyl (C=O) groups is 1. The van der Waals surface area contributed by atoms with Crippen LogP contribution in [0.25, 0.3) is 0 Å². The summed E-state index contributed by atoms with van der Waals surface area (Å²) in [6, 6.07) is 7.44. The molecule has 12 heteroatoms. The fraction of sp³-hybridized carbons (Fsp3) is 0.400. The summed E-state index contributed by atoms with van der Waals surface area (Å²) in [5, 5.41) is 8.97. The molecule has 0 unspecified atom stereocenters. The highest BCUT2D eigenvalue weighted by molar-refractivity contribution is 7.89. The number of carboxylic acids is 1. The Morgan fingerprint density at radius 1 is 1.19 bits per heavy atom. The van der Waals surface area contributed by atoms with Gasteiger partial charge in [0.2, 0.25) is 10.0 Å². The van der Waals surface area contributed by atoms with Crippen LogP contribution in [0, 0.1) is 0 Å². The molecule has 174 valence electrons. The molecular weight excluding hydrogens is 451 g/mol. The third-order valence-corrected chi connectivity index (χ3v) is 7.07. The van der Waals surface area contributed by atoms with Gasteiger partial charge >= 0.3 is 12.3 Å². The van der Waals surface area contributed by atoms with E-state index in [4.69, 9.17) is 5.11 Å². The lowest BCUT2D eigenvalue weighted by molar-refractivity contribution is -0.274. The van der Waals surface area contributed by atoms with Crippen LogP contribution in [0.2, 0.25) is 0 Å². The summed E-state index contributed by atoms with van der Waals surface area (Å²) in [7, 11) is -3.90. The topological polar surface area (TPSA) is 100 Å². The van der Waals surface area contributed by atoms with Gasteiger partial charge in [0, 0.05) is 25.2 Å². The summed E-state index contributed by atoms with van der Waals surface area (Å²) in [6.07, 6.45) is -4.13. The largest absolute Gasteiger partial charge is 0.573 e. The molecule has 0 aliphatic carbocycles. The number of aromatic nitrogens is 1. The zero-order valence-corrected chi connectivity index (χ0v) is 18.1. The fourth-order valence-corrected chi connectivity index (χ4v) is 5.71. The molecule has 32 heavy (non-hydrogen) atoms. The number of nitrogens with zero attached hydrogens (tertiary/aromatic N) is 3. The first-order chi connectivity index (χ1) is 14.9. The van der Waals surface area contributed by atoms with Crippen LogP contribution in [-0.2, 0) is 21.2 Å². The molecule has 1 fully saturated rings. The van der Waals surface area contributed by atoms with Gasteiger partial charge in [0.1, 0.15) is 11.6 Å². The van der Waals surface area contributed by atoms with Crippen LogP contribution in [0.4, 0.5) is 19.0 Å². The van der Waals surface area contributed by atoms with Crippen LogP contribution in [0.5, 0.6) is 5.75 Å². The highest BCUT2D eigenvalue weighted by Gasteiger charge is 2.39. The van der Waals surface area contributed by atoms with Gasteiger partial charge in [-0.25, -0.2) is 13.4 Å². The smallest absolute Gasteiger partial charge is 0.481 e. The Morgan fingerprint density at radius 2 is 1.84 bits per heavy atom. The average Bonchev–Trinajstić information content (AvgIpc) is 2.66. The molecule has 0 bridgehead atoms. The number of hydrogen-bond donors (Lipinski definition) is 1. The van der Waals surface area contributed by atoms with E-state index in [0.717, 1.165) is 12.3 Å². The third-order valence-electron chi connectivity index (χ3n) is 4.95. The minimum absolute atomic E-state index is 0.00942. The predicted octanol–water partition coefficient (Wildman–Crippen LogP) is 2.90. The molecule has 8 nitrogen and oxygen atoms in total. The van der Waals surface area contributed by atoms with Crippen LogP contribution in [0.1, 0.15) is 19.4 Å². The number of benzene rings is 1. The van der Waals surface area contributed by atoms with E-state index < -0.39 is 40.2 Å². The summed E-state index contributed by atoms with van der Waals surface area (Å²) in [5.74, 6) is -1.10. The highest BCUT2D eigenvalue weighted by atomic mass is 32.2. The van der Waals surface area contributed by atoms with E-state index >= 15 is 0 Å². The Labute approximate surface area is 183 Å². The van der Waals surface area contributed by atoms with Crippen molar-refractivity contribution in [3.05, 3.63) is 48.2 Å². The van der Waals surface area contributed by atoms with E-state index in [1.54, 1.807) is 24.8 Å². The fourth-order valence-electron chi connectivity index (χ4n) is 3.83. The number of piperazine rings is 1. The zero-order valence-electron chi connectivity index (χ0n) is 17.3. The van der Waals surface area contributed by atoms with E-state index in [9.17, 15) is 26.4 Å². The van der Waals surface area contributed by atoms with Gasteiger partial charge < -0.3 is 14.7 Å². The third kappa shape index (κ3) is 5.49. The summed E-state index contributed by atoms with van der Waals surface area (Å²) in [5.41, 5.74) is 0.378. The van der Waals surface area contributed by atoms with Crippen molar-refractivity contribution in [3.8, 4) is 5.75 Å². The van der Waals surface area contributed by atoms with Gasteiger partial charge in [-0.1, -0.05) is 12.1 Å². The van der Waals surface area contributed by atoms with Gasteiger partial charge in [0.05, 0.1) is 17.5 Å². The number of anilines is 1. The van der Waals surface area contributed by atoms with Gasteiger partial charge in [0.25, 0.3) is 0 Å². The van der Waals surface area contributed by atoms with Crippen LogP contribution in [0.3, 0.4) is 0 Å². The number of rotatable bonds is 6. The van der Waals surface area contributed by atoms with Crippen LogP contribution in [-0.4, -0.2) is 60.3 Å². The Bertz CT molecular complexity index is 1060.